The number of ether oxygens (including phenoxy) is 1. The van der Waals surface area contributed by atoms with E-state index in [2.05, 4.69) is 13.0 Å². The van der Waals surface area contributed by atoms with Gasteiger partial charge in [-0.2, -0.15) is 5.26 Å². The predicted molar refractivity (Wildman–Crippen MR) is 115 cm³/mol. The summed E-state index contributed by atoms with van der Waals surface area (Å²) in [6, 6.07) is 2.41. The van der Waals surface area contributed by atoms with Crippen LogP contribution in [0.5, 0.6) is 0 Å². The van der Waals surface area contributed by atoms with E-state index in [1.54, 1.807) is 0 Å². The maximum atomic E-state index is 8.96. The maximum Gasteiger partial charge on any atom is 0.0655 e. The van der Waals surface area contributed by atoms with E-state index in [0.29, 0.717) is 12.0 Å². The van der Waals surface area contributed by atoms with E-state index in [1.807, 2.05) is 0 Å². The molecular formula is C25H45NO. The minimum absolute atomic E-state index is 0.293. The van der Waals surface area contributed by atoms with Gasteiger partial charge in [0.2, 0.25) is 0 Å². The summed E-state index contributed by atoms with van der Waals surface area (Å²) >= 11 is 0. The number of rotatable bonds is 13. The van der Waals surface area contributed by atoms with Gasteiger partial charge in [0.05, 0.1) is 12.2 Å². The largest absolute Gasteiger partial charge is 0.378 e. The van der Waals surface area contributed by atoms with Crippen molar-refractivity contribution in [1.29, 1.82) is 5.26 Å². The van der Waals surface area contributed by atoms with Crippen LogP contribution < -0.4 is 0 Å². The molecule has 0 bridgehead atoms. The van der Waals surface area contributed by atoms with Crippen LogP contribution in [0.1, 0.15) is 122 Å². The van der Waals surface area contributed by atoms with Gasteiger partial charge in [0.15, 0.2) is 0 Å². The number of hydrogen-bond donors (Lipinski definition) is 0. The minimum Gasteiger partial charge on any atom is -0.378 e. The van der Waals surface area contributed by atoms with Gasteiger partial charge in [-0.15, -0.1) is 0 Å². The van der Waals surface area contributed by atoms with Gasteiger partial charge in [-0.3, -0.25) is 0 Å². The highest BCUT2D eigenvalue weighted by Crippen LogP contribution is 2.34. The molecule has 0 radical (unpaired) electrons. The Morgan fingerprint density at radius 2 is 1.26 bits per heavy atom. The van der Waals surface area contributed by atoms with Crippen LogP contribution in [0, 0.1) is 29.1 Å². The lowest BCUT2D eigenvalue weighted by molar-refractivity contribution is 0.0187. The molecule has 2 rings (SSSR count). The van der Waals surface area contributed by atoms with Gasteiger partial charge in [-0.05, 0) is 50.4 Å². The lowest BCUT2D eigenvalue weighted by Crippen LogP contribution is -2.22. The van der Waals surface area contributed by atoms with Crippen molar-refractivity contribution in [2.75, 3.05) is 6.61 Å². The van der Waals surface area contributed by atoms with Crippen LogP contribution in [0.4, 0.5) is 0 Å². The van der Waals surface area contributed by atoms with Crippen molar-refractivity contribution < 1.29 is 4.74 Å². The summed E-state index contributed by atoms with van der Waals surface area (Å²) in [5.41, 5.74) is 0. The zero-order chi connectivity index (χ0) is 19.2. The average Bonchev–Trinajstić information content (AvgIpc) is 2.72. The summed E-state index contributed by atoms with van der Waals surface area (Å²) in [6.45, 7) is 3.24. The Kier molecular flexibility index (Phi) is 12.2. The van der Waals surface area contributed by atoms with Crippen molar-refractivity contribution in [2.24, 2.45) is 17.8 Å². The van der Waals surface area contributed by atoms with Crippen LogP contribution in [0.3, 0.4) is 0 Å². The first-order valence-corrected chi connectivity index (χ1v) is 12.3. The second-order valence-electron chi connectivity index (χ2n) is 9.41. The zero-order valence-corrected chi connectivity index (χ0v) is 18.1. The molecule has 0 unspecified atom stereocenters. The van der Waals surface area contributed by atoms with Crippen LogP contribution in [-0.4, -0.2) is 12.7 Å². The third kappa shape index (κ3) is 9.98. The molecule has 2 fully saturated rings. The van der Waals surface area contributed by atoms with Crippen LogP contribution in [0.15, 0.2) is 0 Å². The normalized spacial score (nSPS) is 28.7. The van der Waals surface area contributed by atoms with Gasteiger partial charge < -0.3 is 4.74 Å². The maximum absolute atomic E-state index is 8.96. The second kappa shape index (κ2) is 14.4. The highest BCUT2D eigenvalue weighted by molar-refractivity contribution is 4.87. The van der Waals surface area contributed by atoms with Crippen molar-refractivity contribution in [1.82, 2.24) is 0 Å². The number of nitriles is 1. The molecule has 0 saturated heterocycles. The zero-order valence-electron chi connectivity index (χ0n) is 18.1. The first-order chi connectivity index (χ1) is 13.3. The van der Waals surface area contributed by atoms with E-state index in [4.69, 9.17) is 10.00 Å². The minimum atomic E-state index is 0.293. The second-order valence-corrected chi connectivity index (χ2v) is 9.41. The van der Waals surface area contributed by atoms with Gasteiger partial charge in [0, 0.05) is 12.5 Å². The third-order valence-electron chi connectivity index (χ3n) is 7.15. The first kappa shape index (κ1) is 22.7. The Bertz CT molecular complexity index is 386. The molecule has 2 heteroatoms. The van der Waals surface area contributed by atoms with Crippen molar-refractivity contribution in [3.05, 3.63) is 0 Å². The molecule has 0 aromatic rings. The van der Waals surface area contributed by atoms with E-state index < -0.39 is 0 Å². The van der Waals surface area contributed by atoms with Crippen LogP contribution >= 0.6 is 0 Å². The summed E-state index contributed by atoms with van der Waals surface area (Å²) in [5, 5.41) is 8.96. The summed E-state index contributed by atoms with van der Waals surface area (Å²) in [5.74, 6) is 2.29. The Balaban J connectivity index is 1.40. The van der Waals surface area contributed by atoms with E-state index in [-0.39, 0.29) is 0 Å². The lowest BCUT2D eigenvalue weighted by atomic mass is 9.78. The molecule has 156 valence electrons. The Hall–Kier alpha value is -0.550. The van der Waals surface area contributed by atoms with Crippen molar-refractivity contribution in [3.8, 4) is 6.07 Å². The van der Waals surface area contributed by atoms with Crippen molar-refractivity contribution >= 4 is 0 Å². The summed E-state index contributed by atoms with van der Waals surface area (Å²) < 4.78 is 6.08. The molecule has 0 aliphatic heterocycles. The Morgan fingerprint density at radius 3 is 1.85 bits per heavy atom. The predicted octanol–water partition coefficient (Wildman–Crippen LogP) is 7.81. The highest BCUT2D eigenvalue weighted by atomic mass is 16.5. The lowest BCUT2D eigenvalue weighted by Gasteiger charge is -2.29. The monoisotopic (exact) mass is 375 g/mol. The first-order valence-electron chi connectivity index (χ1n) is 12.3. The van der Waals surface area contributed by atoms with E-state index in [0.717, 1.165) is 44.1 Å². The number of hydrogen-bond acceptors (Lipinski definition) is 2. The smallest absolute Gasteiger partial charge is 0.0655 e. The van der Waals surface area contributed by atoms with Crippen molar-refractivity contribution in [3.63, 3.8) is 0 Å². The Morgan fingerprint density at radius 1 is 0.704 bits per heavy atom. The summed E-state index contributed by atoms with van der Waals surface area (Å²) in [6.07, 6.45) is 24.9. The third-order valence-corrected chi connectivity index (χ3v) is 7.15. The molecule has 0 aromatic carbocycles. The van der Waals surface area contributed by atoms with E-state index in [9.17, 15) is 0 Å². The Labute approximate surface area is 169 Å². The number of nitrogens with zero attached hydrogens (tertiary/aromatic N) is 1. The van der Waals surface area contributed by atoms with Gasteiger partial charge >= 0.3 is 0 Å². The standard InChI is InChI=1S/C25H45NO/c1-2-3-4-5-6-7-8-10-22-12-14-23(15-13-22)11-9-20-27-25-18-16-24(21-26)17-19-25/h22-25H,2-20H2,1H3/t22-,23-,24?,25?. The molecule has 2 nitrogen and oxygen atoms in total. The molecule has 27 heavy (non-hydrogen) atoms. The van der Waals surface area contributed by atoms with Gasteiger partial charge in [0.1, 0.15) is 0 Å². The van der Waals surface area contributed by atoms with E-state index in [1.165, 1.54) is 89.9 Å². The molecule has 0 atom stereocenters. The molecule has 0 N–H and O–H groups in total. The molecule has 0 aromatic heterocycles. The van der Waals surface area contributed by atoms with Crippen molar-refractivity contribution in [2.45, 2.75) is 129 Å². The fraction of sp³-hybridized carbons (Fsp3) is 0.960. The molecule has 2 saturated carbocycles. The molecule has 0 amide bonds. The van der Waals surface area contributed by atoms with Crippen LogP contribution in [-0.2, 0) is 4.74 Å². The molecule has 0 spiro atoms. The van der Waals surface area contributed by atoms with Crippen LogP contribution in [0.25, 0.3) is 0 Å². The summed E-state index contributed by atoms with van der Waals surface area (Å²) in [4.78, 5) is 0. The van der Waals surface area contributed by atoms with Crippen LogP contribution in [0.2, 0.25) is 0 Å². The quantitative estimate of drug-likeness (QED) is 0.307. The van der Waals surface area contributed by atoms with E-state index >= 15 is 0 Å². The topological polar surface area (TPSA) is 33.0 Å². The number of unbranched alkanes of at least 4 members (excludes halogenated alkanes) is 6. The molecule has 0 heterocycles. The summed E-state index contributed by atoms with van der Waals surface area (Å²) in [7, 11) is 0. The average molecular weight is 376 g/mol. The van der Waals surface area contributed by atoms with Gasteiger partial charge in [-0.25, -0.2) is 0 Å². The molecular weight excluding hydrogens is 330 g/mol. The SMILES string of the molecule is CCCCCCCCC[C@H]1CC[C@H](CCCOC2CCC(C#N)CC2)CC1. The molecule has 2 aliphatic carbocycles. The van der Waals surface area contributed by atoms with Gasteiger partial charge in [0.25, 0.3) is 0 Å². The van der Waals surface area contributed by atoms with Gasteiger partial charge in [-0.1, -0.05) is 84.0 Å². The fourth-order valence-corrected chi connectivity index (χ4v) is 5.18. The highest BCUT2D eigenvalue weighted by Gasteiger charge is 2.22. The molecule has 2 aliphatic rings. The fourth-order valence-electron chi connectivity index (χ4n) is 5.18.